The minimum absolute atomic E-state index is 0.168. The lowest BCUT2D eigenvalue weighted by Gasteiger charge is -2.40. The lowest BCUT2D eigenvalue weighted by Crippen LogP contribution is -2.56. The molecule has 3 atom stereocenters. The van der Waals surface area contributed by atoms with Crippen LogP contribution >= 0.6 is 0 Å². The molecule has 10 N–H and O–H groups in total. The first kappa shape index (κ1) is 120. The molecule has 0 spiro atoms. The summed E-state index contributed by atoms with van der Waals surface area (Å²) in [4.78, 5) is 109. The molecule has 786 valence electrons. The van der Waals surface area contributed by atoms with Crippen LogP contribution in [0.2, 0.25) is 0 Å². The molecule has 3 aliphatic heterocycles. The highest BCUT2D eigenvalue weighted by Crippen LogP contribution is 2.42. The van der Waals surface area contributed by atoms with Crippen molar-refractivity contribution >= 4 is 123 Å². The Balaban J connectivity index is 0.000000241. The quantitative estimate of drug-likeness (QED) is 0.0198. The molecule has 8 aromatic carbocycles. The number of carbonyl (C=O) groups excluding carboxylic acids is 8. The summed E-state index contributed by atoms with van der Waals surface area (Å²) < 4.78 is 48.6. The molecule has 11 rings (SSSR count). The fourth-order valence-corrected chi connectivity index (χ4v) is 17.8. The second-order valence-corrected chi connectivity index (χ2v) is 45.3. The Morgan fingerprint density at radius 2 is 0.699 bits per heavy atom. The van der Waals surface area contributed by atoms with Gasteiger partial charge in [0.2, 0.25) is 0 Å². The Bertz CT molecular complexity index is 5950. The van der Waals surface area contributed by atoms with Crippen LogP contribution in [-0.2, 0) is 34.3 Å². The number of hydrazine groups is 4. The van der Waals surface area contributed by atoms with E-state index in [-0.39, 0.29) is 85.5 Å². The van der Waals surface area contributed by atoms with Crippen molar-refractivity contribution < 1.29 is 106 Å². The molecule has 3 heterocycles. The lowest BCUT2D eigenvalue weighted by molar-refractivity contribution is 0.00578. The first-order valence-corrected chi connectivity index (χ1v) is 50.1. The number of hydrogen-bond acceptors (Lipinski definition) is 22. The molecule has 0 aliphatic carbocycles. The molecule has 8 aromatic rings. The van der Waals surface area contributed by atoms with E-state index in [0.717, 1.165) is 45.1 Å². The van der Waals surface area contributed by atoms with E-state index in [2.05, 4.69) is 70.2 Å². The van der Waals surface area contributed by atoms with Gasteiger partial charge in [0.15, 0.2) is 0 Å². The molecule has 1 unspecified atom stereocenters. The van der Waals surface area contributed by atoms with Crippen LogP contribution in [0.3, 0.4) is 0 Å². The predicted octanol–water partition coefficient (Wildman–Crippen LogP) is 12.9. The Morgan fingerprint density at radius 3 is 1.09 bits per heavy atom. The zero-order valence-electron chi connectivity index (χ0n) is 92.7. The van der Waals surface area contributed by atoms with E-state index in [1.54, 1.807) is 99.8 Å². The number of rotatable bonds is 24. The summed E-state index contributed by atoms with van der Waals surface area (Å²) in [5.41, 5.74) is 17.8. The van der Waals surface area contributed by atoms with Crippen molar-refractivity contribution in [3.8, 4) is 11.5 Å². The number of aryl methyl sites for hydroxylation is 3. The topological polar surface area (TPSA) is 393 Å². The molecule has 3 aliphatic rings. The van der Waals surface area contributed by atoms with Gasteiger partial charge >= 0.3 is 42.7 Å². The highest BCUT2D eigenvalue weighted by molar-refractivity contribution is 6.64. The molecule has 0 radical (unpaired) electrons. The maximum absolute atomic E-state index is 14.6. The van der Waals surface area contributed by atoms with Crippen LogP contribution in [0.5, 0.6) is 11.5 Å². The highest BCUT2D eigenvalue weighted by Gasteiger charge is 2.56. The summed E-state index contributed by atoms with van der Waals surface area (Å²) in [5.74, 6) is -1.96. The predicted molar refractivity (Wildman–Crippen MR) is 579 cm³/mol. The third-order valence-electron chi connectivity index (χ3n) is 28.3. The Morgan fingerprint density at radius 1 is 0.356 bits per heavy atom. The van der Waals surface area contributed by atoms with Gasteiger partial charge in [-0.1, -0.05) is 180 Å². The summed E-state index contributed by atoms with van der Waals surface area (Å²) in [6.45, 7) is 66.9. The van der Waals surface area contributed by atoms with Crippen LogP contribution in [0.1, 0.15) is 341 Å². The van der Waals surface area contributed by atoms with Gasteiger partial charge in [-0.2, -0.15) is 0 Å². The van der Waals surface area contributed by atoms with E-state index in [0.29, 0.717) is 87.3 Å². The maximum Gasteiger partial charge on any atom is 0.495 e. The van der Waals surface area contributed by atoms with Gasteiger partial charge < -0.3 is 67.5 Å². The molecule has 146 heavy (non-hydrogen) atoms. The van der Waals surface area contributed by atoms with Gasteiger partial charge in [0.25, 0.3) is 47.3 Å². The van der Waals surface area contributed by atoms with Crippen molar-refractivity contribution in [1.82, 2.24) is 41.7 Å². The lowest BCUT2D eigenvalue weighted by atomic mass is 9.75. The smallest absolute Gasteiger partial charge is 0.495 e. The van der Waals surface area contributed by atoms with E-state index >= 15 is 0 Å². The van der Waals surface area contributed by atoms with Crippen LogP contribution in [0.25, 0.3) is 0 Å². The van der Waals surface area contributed by atoms with Gasteiger partial charge in [-0.15, -0.1) is 0 Å². The van der Waals surface area contributed by atoms with Crippen LogP contribution in [0.4, 0.5) is 0 Å². The van der Waals surface area contributed by atoms with E-state index in [4.69, 9.17) is 37.4 Å². The molecule has 36 heteroatoms. The summed E-state index contributed by atoms with van der Waals surface area (Å²) in [6, 6.07) is 41.3. The Hall–Kier alpha value is -11.0. The summed E-state index contributed by atoms with van der Waals surface area (Å²) in [6.07, 6.45) is 3.35. The standard InChI is InChI=1S/C36H54B2N2O6.C30H43BN2O5.C23H32B2N2O6.C21H27BN2O5/c1-15-18-29(32(4,5)6)40(31(42)26-20-17-22-28(24(26)3)38-45-35(11,12)36(13,14)46-38)39-30(41)25-19-16-21-27(23(25)2)37-43-33(7,8)34(9,10)44-37;1-12-25(28(4,5)6)33(32-26(34)23-14-13-15-24(36-11)20(23)3)27(35)21-16-19(2)17-22(18-21)31-37-29(7,8)30(9,10)38-31;1-7-20(23(4,5)6)27(22(29)17-9-15(3)11-19(13-17)25(32)33)26-21(28)16-8-14(2)10-18(12-16)24(30)31;1-6-16-17(8-7-9-18(16)29-5)19(25)23-24(21(2,3)4)20(26)14-10-12-15(13-11-14)22(27)28/h16-17,19-22,29H,15,18H2,1-14H3,(H,39,41);13-18,25H,12H2,1-11H3,(H,32,34);8-13,20,30-33H,7H2,1-6H3,(H,26,28);7-13,27-28H,6H2,1-5H3,(H,23,25)/t;25-;20-;/m.11./s1. The zero-order valence-corrected chi connectivity index (χ0v) is 92.7. The van der Waals surface area contributed by atoms with Crippen molar-refractivity contribution in [1.29, 1.82) is 0 Å². The molecule has 3 fully saturated rings. The van der Waals surface area contributed by atoms with Crippen LogP contribution in [-0.4, -0.2) is 212 Å². The summed E-state index contributed by atoms with van der Waals surface area (Å²) in [5, 5.41) is 62.3. The van der Waals surface area contributed by atoms with Gasteiger partial charge in [0.1, 0.15) is 11.5 Å². The second kappa shape index (κ2) is 47.7. The van der Waals surface area contributed by atoms with E-state index in [9.17, 15) is 68.5 Å². The molecule has 30 nitrogen and oxygen atoms in total. The normalized spacial score (nSPS) is 15.9. The van der Waals surface area contributed by atoms with Crippen molar-refractivity contribution in [2.24, 2.45) is 16.2 Å². The maximum atomic E-state index is 14.6. The number of amides is 8. The fraction of sp³-hybridized carbons (Fsp3) is 0.491. The number of benzene rings is 8. The third kappa shape index (κ3) is 28.5. The van der Waals surface area contributed by atoms with Crippen molar-refractivity contribution in [2.45, 2.75) is 325 Å². The molecule has 0 bridgehead atoms. The average molecular weight is 2010 g/mol. The Labute approximate surface area is 867 Å². The summed E-state index contributed by atoms with van der Waals surface area (Å²) in [7, 11) is -3.79. The van der Waals surface area contributed by atoms with Gasteiger partial charge in [0, 0.05) is 55.6 Å². The third-order valence-corrected chi connectivity index (χ3v) is 28.3. The van der Waals surface area contributed by atoms with Crippen molar-refractivity contribution in [2.75, 3.05) is 14.2 Å². The molecule has 3 saturated heterocycles. The molecular formula is C110H156B6N8O22. The minimum atomic E-state index is -1.74. The number of carbonyl (C=O) groups is 8. The van der Waals surface area contributed by atoms with Gasteiger partial charge in [0.05, 0.1) is 71.5 Å². The van der Waals surface area contributed by atoms with E-state index < -0.39 is 105 Å². The van der Waals surface area contributed by atoms with E-state index in [1.165, 1.54) is 51.4 Å². The van der Waals surface area contributed by atoms with Crippen LogP contribution in [0, 0.1) is 57.8 Å². The van der Waals surface area contributed by atoms with E-state index in [1.807, 2.05) is 222 Å². The Kier molecular flexibility index (Phi) is 39.3. The van der Waals surface area contributed by atoms with Crippen LogP contribution in [0.15, 0.2) is 152 Å². The number of nitrogens with zero attached hydrogens (tertiary/aromatic N) is 4. The minimum Gasteiger partial charge on any atom is -0.496 e. The van der Waals surface area contributed by atoms with Gasteiger partial charge in [-0.25, -0.2) is 20.0 Å². The summed E-state index contributed by atoms with van der Waals surface area (Å²) >= 11 is 0. The number of nitrogens with one attached hydrogen (secondary N) is 4. The second-order valence-electron chi connectivity index (χ2n) is 45.3. The van der Waals surface area contributed by atoms with Gasteiger partial charge in [-0.3, -0.25) is 60.1 Å². The van der Waals surface area contributed by atoms with Gasteiger partial charge in [-0.05, 0) is 316 Å². The molecular weight excluding hydrogens is 1850 g/mol. The van der Waals surface area contributed by atoms with Crippen LogP contribution < -0.4 is 64.0 Å². The van der Waals surface area contributed by atoms with Crippen molar-refractivity contribution in [3.05, 3.63) is 235 Å². The molecule has 0 saturated carbocycles. The zero-order chi connectivity index (χ0) is 110. The number of ether oxygens (including phenoxy) is 2. The highest BCUT2D eigenvalue weighted by atomic mass is 16.7. The first-order valence-electron chi connectivity index (χ1n) is 50.1. The SMILES string of the molecule is CCCC(N(NC(=O)c1cccc(B2OC(C)(C)C(C)(C)O2)c1C)C(=O)c1cccc(B2OC(C)(C)C(C)(C)O2)c1C)C(C)(C)C.CC[C@@H](N(NC(=O)c1cc(C)cc(B(O)O)c1)C(=O)c1cc(C)cc(B(O)O)c1)C(C)(C)C.CC[C@@H](N(NC(=O)c1cccc(OC)c1C)C(=O)c1cc(C)cc(B2OC(C)(C)C(C)(C)O2)c1)C(C)(C)C.CCc1c(OC)cccc1C(=O)NN(C(=O)c1ccc(B(O)O)cc1)C(C)(C)C. The van der Waals surface area contributed by atoms with Crippen molar-refractivity contribution in [3.63, 3.8) is 0 Å². The fourth-order valence-electron chi connectivity index (χ4n) is 17.8. The largest absolute Gasteiger partial charge is 0.496 e. The number of hydrogen-bond donors (Lipinski definition) is 10. The molecule has 8 amide bonds. The molecule has 0 aromatic heterocycles. The number of methoxy groups -OCH3 is 2. The monoisotopic (exact) mass is 2010 g/mol. The first-order chi connectivity index (χ1) is 67.4. The average Bonchev–Trinajstić information content (AvgIpc) is 1.61.